The highest BCUT2D eigenvalue weighted by molar-refractivity contribution is 5.88. The van der Waals surface area contributed by atoms with Crippen LogP contribution < -0.4 is 10.1 Å². The van der Waals surface area contributed by atoms with Crippen LogP contribution >= 0.6 is 0 Å². The van der Waals surface area contributed by atoms with Crippen LogP contribution in [-0.4, -0.2) is 42.9 Å². The maximum Gasteiger partial charge on any atom is 0.407 e. The quantitative estimate of drug-likeness (QED) is 0.658. The Morgan fingerprint density at radius 3 is 2.52 bits per heavy atom. The first-order chi connectivity index (χ1) is 9.81. The Morgan fingerprint density at radius 2 is 2.00 bits per heavy atom. The topological polar surface area (TPSA) is 86.8 Å². The fourth-order valence-electron chi connectivity index (χ4n) is 1.33. The second kappa shape index (κ2) is 7.47. The molecule has 0 bridgehead atoms. The molecular weight excluding hydrogens is 276 g/mol. The Kier molecular flexibility index (Phi) is 5.95. The van der Waals surface area contributed by atoms with Crippen LogP contribution in [0.5, 0.6) is 5.88 Å². The van der Waals surface area contributed by atoms with Gasteiger partial charge in [0.1, 0.15) is 12.2 Å². The molecule has 0 spiro atoms. The summed E-state index contributed by atoms with van der Waals surface area (Å²) in [6.07, 6.45) is 0.864. The first kappa shape index (κ1) is 16.7. The monoisotopic (exact) mass is 296 g/mol. The van der Waals surface area contributed by atoms with Crippen LogP contribution in [0.1, 0.15) is 31.1 Å². The van der Waals surface area contributed by atoms with Crippen molar-refractivity contribution in [2.24, 2.45) is 0 Å². The SMILES string of the molecule is COC(=O)c1ccc(OCCNC(=O)OC(C)(C)C)nc1. The molecule has 1 amide bonds. The van der Waals surface area contributed by atoms with Crippen LogP contribution in [0.4, 0.5) is 4.79 Å². The summed E-state index contributed by atoms with van der Waals surface area (Å²) in [7, 11) is 1.30. The van der Waals surface area contributed by atoms with Gasteiger partial charge in [0.05, 0.1) is 19.2 Å². The zero-order valence-corrected chi connectivity index (χ0v) is 12.6. The molecule has 116 valence electrons. The van der Waals surface area contributed by atoms with E-state index in [0.717, 1.165) is 0 Å². The lowest BCUT2D eigenvalue weighted by Gasteiger charge is -2.19. The number of amides is 1. The number of alkyl carbamates (subject to hydrolysis) is 1. The van der Waals surface area contributed by atoms with Gasteiger partial charge in [0.25, 0.3) is 0 Å². The smallest absolute Gasteiger partial charge is 0.407 e. The van der Waals surface area contributed by atoms with Crippen molar-refractivity contribution in [3.8, 4) is 5.88 Å². The molecule has 0 radical (unpaired) electrons. The molecule has 7 heteroatoms. The number of nitrogens with zero attached hydrogens (tertiary/aromatic N) is 1. The van der Waals surface area contributed by atoms with Gasteiger partial charge in [-0.05, 0) is 26.8 Å². The summed E-state index contributed by atoms with van der Waals surface area (Å²) in [5.41, 5.74) is -0.187. The average Bonchev–Trinajstić information content (AvgIpc) is 2.41. The fourth-order valence-corrected chi connectivity index (χ4v) is 1.33. The van der Waals surface area contributed by atoms with E-state index < -0.39 is 17.7 Å². The summed E-state index contributed by atoms with van der Waals surface area (Å²) in [5.74, 6) is -0.103. The van der Waals surface area contributed by atoms with Gasteiger partial charge in [0, 0.05) is 12.3 Å². The van der Waals surface area contributed by atoms with Gasteiger partial charge in [-0.3, -0.25) is 0 Å². The Hall–Kier alpha value is -2.31. The molecule has 1 heterocycles. The van der Waals surface area contributed by atoms with Gasteiger partial charge in [0.2, 0.25) is 5.88 Å². The molecule has 1 aromatic rings. The molecule has 0 atom stereocenters. The molecule has 0 aliphatic rings. The number of aromatic nitrogens is 1. The molecule has 0 aromatic carbocycles. The first-order valence-corrected chi connectivity index (χ1v) is 6.46. The highest BCUT2D eigenvalue weighted by atomic mass is 16.6. The minimum Gasteiger partial charge on any atom is -0.476 e. The minimum absolute atomic E-state index is 0.240. The van der Waals surface area contributed by atoms with E-state index in [1.54, 1.807) is 32.9 Å². The second-order valence-electron chi connectivity index (χ2n) is 5.15. The van der Waals surface area contributed by atoms with Gasteiger partial charge in [-0.1, -0.05) is 0 Å². The van der Waals surface area contributed by atoms with Gasteiger partial charge in [0.15, 0.2) is 0 Å². The lowest BCUT2D eigenvalue weighted by Crippen LogP contribution is -2.34. The Morgan fingerprint density at radius 1 is 1.29 bits per heavy atom. The predicted molar refractivity (Wildman–Crippen MR) is 75.3 cm³/mol. The molecule has 0 fully saturated rings. The maximum absolute atomic E-state index is 11.4. The highest BCUT2D eigenvalue weighted by Crippen LogP contribution is 2.08. The number of pyridine rings is 1. The lowest BCUT2D eigenvalue weighted by molar-refractivity contribution is 0.0518. The Labute approximate surface area is 123 Å². The number of carbonyl (C=O) groups excluding carboxylic acids is 2. The van der Waals surface area contributed by atoms with Crippen LogP contribution in [0.2, 0.25) is 0 Å². The Bertz CT molecular complexity index is 479. The summed E-state index contributed by atoms with van der Waals surface area (Å²) in [4.78, 5) is 26.5. The van der Waals surface area contributed by atoms with E-state index in [1.165, 1.54) is 13.3 Å². The van der Waals surface area contributed by atoms with Crippen LogP contribution in [0.15, 0.2) is 18.3 Å². The van der Waals surface area contributed by atoms with Crippen molar-refractivity contribution in [3.05, 3.63) is 23.9 Å². The van der Waals surface area contributed by atoms with Crippen molar-refractivity contribution in [3.63, 3.8) is 0 Å². The zero-order chi connectivity index (χ0) is 15.9. The number of ether oxygens (including phenoxy) is 3. The number of carbonyl (C=O) groups is 2. The molecule has 0 saturated carbocycles. The molecule has 1 aromatic heterocycles. The van der Waals surface area contributed by atoms with Crippen molar-refractivity contribution in [1.82, 2.24) is 10.3 Å². The lowest BCUT2D eigenvalue weighted by atomic mass is 10.2. The number of esters is 1. The fraction of sp³-hybridized carbons (Fsp3) is 0.500. The van der Waals surface area contributed by atoms with Crippen molar-refractivity contribution in [2.75, 3.05) is 20.3 Å². The van der Waals surface area contributed by atoms with Crippen molar-refractivity contribution in [2.45, 2.75) is 26.4 Å². The molecule has 7 nitrogen and oxygen atoms in total. The van der Waals surface area contributed by atoms with Crippen LogP contribution in [0.25, 0.3) is 0 Å². The molecule has 0 unspecified atom stereocenters. The van der Waals surface area contributed by atoms with E-state index in [4.69, 9.17) is 9.47 Å². The van der Waals surface area contributed by atoms with E-state index in [2.05, 4.69) is 15.0 Å². The molecular formula is C14H20N2O5. The summed E-state index contributed by atoms with van der Waals surface area (Å²) in [6.45, 7) is 5.89. The molecule has 1 N–H and O–H groups in total. The molecule has 0 aliphatic carbocycles. The second-order valence-corrected chi connectivity index (χ2v) is 5.15. The van der Waals surface area contributed by atoms with Gasteiger partial charge < -0.3 is 19.5 Å². The van der Waals surface area contributed by atoms with Gasteiger partial charge in [-0.15, -0.1) is 0 Å². The molecule has 1 rings (SSSR count). The van der Waals surface area contributed by atoms with Gasteiger partial charge in [-0.2, -0.15) is 0 Å². The first-order valence-electron chi connectivity index (χ1n) is 6.46. The number of hydrogen-bond acceptors (Lipinski definition) is 6. The average molecular weight is 296 g/mol. The summed E-state index contributed by atoms with van der Waals surface area (Å²) in [5, 5.41) is 2.56. The summed E-state index contributed by atoms with van der Waals surface area (Å²) < 4.78 is 15.0. The highest BCUT2D eigenvalue weighted by Gasteiger charge is 2.15. The largest absolute Gasteiger partial charge is 0.476 e. The van der Waals surface area contributed by atoms with E-state index in [-0.39, 0.29) is 13.2 Å². The van der Waals surface area contributed by atoms with E-state index in [0.29, 0.717) is 11.4 Å². The van der Waals surface area contributed by atoms with E-state index >= 15 is 0 Å². The molecule has 0 aliphatic heterocycles. The normalized spacial score (nSPS) is 10.7. The Balaban J connectivity index is 2.30. The number of hydrogen-bond donors (Lipinski definition) is 1. The maximum atomic E-state index is 11.4. The van der Waals surface area contributed by atoms with E-state index in [1.807, 2.05) is 0 Å². The predicted octanol–water partition coefficient (Wildman–Crippen LogP) is 1.77. The zero-order valence-electron chi connectivity index (χ0n) is 12.6. The van der Waals surface area contributed by atoms with Crippen molar-refractivity contribution in [1.29, 1.82) is 0 Å². The minimum atomic E-state index is -0.532. The third kappa shape index (κ3) is 6.60. The third-order valence-corrected chi connectivity index (χ3v) is 2.18. The number of nitrogens with one attached hydrogen (secondary N) is 1. The van der Waals surface area contributed by atoms with Crippen LogP contribution in [-0.2, 0) is 9.47 Å². The summed E-state index contributed by atoms with van der Waals surface area (Å²) >= 11 is 0. The third-order valence-electron chi connectivity index (χ3n) is 2.18. The summed E-state index contributed by atoms with van der Waals surface area (Å²) in [6, 6.07) is 3.11. The van der Waals surface area contributed by atoms with E-state index in [9.17, 15) is 9.59 Å². The molecule has 0 saturated heterocycles. The van der Waals surface area contributed by atoms with Crippen molar-refractivity contribution >= 4 is 12.1 Å². The van der Waals surface area contributed by atoms with Gasteiger partial charge in [-0.25, -0.2) is 14.6 Å². The van der Waals surface area contributed by atoms with Gasteiger partial charge >= 0.3 is 12.1 Å². The molecule has 21 heavy (non-hydrogen) atoms. The number of rotatable bonds is 5. The standard InChI is InChI=1S/C14H20N2O5/c1-14(2,3)21-13(18)15-7-8-20-11-6-5-10(9-16-11)12(17)19-4/h5-6,9H,7-8H2,1-4H3,(H,15,18). The number of methoxy groups -OCH3 is 1. The van der Waals surface area contributed by atoms with Crippen molar-refractivity contribution < 1.29 is 23.8 Å². The van der Waals surface area contributed by atoms with Crippen LogP contribution in [0, 0.1) is 0 Å². The van der Waals surface area contributed by atoms with Crippen LogP contribution in [0.3, 0.4) is 0 Å².